The zero-order chi connectivity index (χ0) is 13.4. The third-order valence-corrected chi connectivity index (χ3v) is 5.73. The van der Waals surface area contributed by atoms with Crippen molar-refractivity contribution in [2.75, 3.05) is 26.2 Å². The molecule has 2 unspecified atom stereocenters. The van der Waals surface area contributed by atoms with Gasteiger partial charge >= 0.3 is 0 Å². The second-order valence-electron chi connectivity index (χ2n) is 5.63. The van der Waals surface area contributed by atoms with Gasteiger partial charge in [0.05, 0.1) is 3.79 Å². The molecule has 19 heavy (non-hydrogen) atoms. The lowest BCUT2D eigenvalue weighted by atomic mass is 10.2. The highest BCUT2D eigenvalue weighted by molar-refractivity contribution is 9.11. The van der Waals surface area contributed by atoms with Crippen LogP contribution in [0.4, 0.5) is 0 Å². The highest BCUT2D eigenvalue weighted by atomic mass is 79.9. The number of carbonyl (C=O) groups is 1. The van der Waals surface area contributed by atoms with E-state index in [2.05, 4.69) is 44.8 Å². The third kappa shape index (κ3) is 3.20. The van der Waals surface area contributed by atoms with Gasteiger partial charge in [-0.1, -0.05) is 6.92 Å². The van der Waals surface area contributed by atoms with E-state index in [0.717, 1.165) is 39.1 Å². The summed E-state index contributed by atoms with van der Waals surface area (Å²) in [4.78, 5) is 18.0. The number of hydrogen-bond donors (Lipinski definition) is 0. The van der Waals surface area contributed by atoms with Crippen LogP contribution in [0.2, 0.25) is 0 Å². The highest BCUT2D eigenvalue weighted by Crippen LogP contribution is 2.39. The van der Waals surface area contributed by atoms with Crippen LogP contribution >= 0.6 is 27.3 Å². The van der Waals surface area contributed by atoms with Crippen molar-refractivity contribution in [3.63, 3.8) is 0 Å². The molecule has 3 nitrogen and oxygen atoms in total. The maximum Gasteiger partial charge on any atom is 0.226 e. The van der Waals surface area contributed by atoms with E-state index in [-0.39, 0.29) is 0 Å². The minimum Gasteiger partial charge on any atom is -0.340 e. The van der Waals surface area contributed by atoms with Crippen LogP contribution in [0.3, 0.4) is 0 Å². The average molecular weight is 343 g/mol. The maximum absolute atomic E-state index is 12.1. The van der Waals surface area contributed by atoms with E-state index in [4.69, 9.17) is 0 Å². The van der Waals surface area contributed by atoms with Gasteiger partial charge in [-0.3, -0.25) is 9.69 Å². The van der Waals surface area contributed by atoms with Gasteiger partial charge in [0.25, 0.3) is 0 Å². The zero-order valence-electron chi connectivity index (χ0n) is 11.1. The molecule has 0 radical (unpaired) electrons. The van der Waals surface area contributed by atoms with Crippen molar-refractivity contribution < 1.29 is 4.79 Å². The molecule has 1 saturated carbocycles. The first kappa shape index (κ1) is 13.6. The van der Waals surface area contributed by atoms with Crippen LogP contribution < -0.4 is 0 Å². The monoisotopic (exact) mass is 342 g/mol. The van der Waals surface area contributed by atoms with Gasteiger partial charge in [0.1, 0.15) is 0 Å². The van der Waals surface area contributed by atoms with Gasteiger partial charge in [0.2, 0.25) is 5.91 Å². The van der Waals surface area contributed by atoms with Crippen LogP contribution in [0.25, 0.3) is 0 Å². The molecule has 3 rings (SSSR count). The van der Waals surface area contributed by atoms with E-state index >= 15 is 0 Å². The van der Waals surface area contributed by atoms with Gasteiger partial charge < -0.3 is 4.90 Å². The fourth-order valence-electron chi connectivity index (χ4n) is 2.68. The molecule has 1 aliphatic carbocycles. The SMILES string of the molecule is CC1CC1C(=O)N1CCN(Cc2ccc(Br)s2)CC1. The van der Waals surface area contributed by atoms with E-state index < -0.39 is 0 Å². The molecular formula is C14H19BrN2OS. The van der Waals surface area contributed by atoms with Crippen molar-refractivity contribution in [2.24, 2.45) is 11.8 Å². The lowest BCUT2D eigenvalue weighted by Gasteiger charge is -2.34. The number of amides is 1. The number of piperazine rings is 1. The summed E-state index contributed by atoms with van der Waals surface area (Å²) < 4.78 is 1.19. The van der Waals surface area contributed by atoms with Crippen LogP contribution in [0.15, 0.2) is 15.9 Å². The molecule has 0 aromatic carbocycles. The van der Waals surface area contributed by atoms with Crippen molar-refractivity contribution >= 4 is 33.2 Å². The van der Waals surface area contributed by atoms with Crippen molar-refractivity contribution in [1.82, 2.24) is 9.80 Å². The standard InChI is InChI=1S/C14H19BrN2OS/c1-10-8-12(10)14(18)17-6-4-16(5-7-17)9-11-2-3-13(15)19-11/h2-3,10,12H,4-9H2,1H3. The fraction of sp³-hybridized carbons (Fsp3) is 0.643. The molecule has 104 valence electrons. The summed E-state index contributed by atoms with van der Waals surface area (Å²) in [6, 6.07) is 4.28. The molecule has 0 bridgehead atoms. The lowest BCUT2D eigenvalue weighted by molar-refractivity contribution is -0.134. The molecule has 2 fully saturated rings. The van der Waals surface area contributed by atoms with Crippen LogP contribution in [0.5, 0.6) is 0 Å². The molecule has 0 spiro atoms. The highest BCUT2D eigenvalue weighted by Gasteiger charge is 2.41. The lowest BCUT2D eigenvalue weighted by Crippen LogP contribution is -2.48. The Hall–Kier alpha value is -0.390. The number of rotatable bonds is 3. The van der Waals surface area contributed by atoms with E-state index in [0.29, 0.717) is 17.7 Å². The smallest absolute Gasteiger partial charge is 0.226 e. The Morgan fingerprint density at radius 3 is 2.58 bits per heavy atom. The average Bonchev–Trinajstić information content (AvgIpc) is 2.99. The van der Waals surface area contributed by atoms with Crippen molar-refractivity contribution in [3.8, 4) is 0 Å². The summed E-state index contributed by atoms with van der Waals surface area (Å²) in [6.45, 7) is 6.99. The Bertz CT molecular complexity index is 468. The van der Waals surface area contributed by atoms with Crippen LogP contribution in [0.1, 0.15) is 18.2 Å². The fourth-order valence-corrected chi connectivity index (χ4v) is 4.21. The molecule has 2 aliphatic rings. The van der Waals surface area contributed by atoms with E-state index in [1.54, 1.807) is 11.3 Å². The summed E-state index contributed by atoms with van der Waals surface area (Å²) in [6.07, 6.45) is 1.10. The van der Waals surface area contributed by atoms with Gasteiger partial charge in [-0.05, 0) is 40.4 Å². The predicted molar refractivity (Wildman–Crippen MR) is 81.1 cm³/mol. The van der Waals surface area contributed by atoms with Crippen LogP contribution in [-0.2, 0) is 11.3 Å². The van der Waals surface area contributed by atoms with E-state index in [1.807, 2.05) is 0 Å². The summed E-state index contributed by atoms with van der Waals surface area (Å²) in [5.74, 6) is 1.35. The van der Waals surface area contributed by atoms with E-state index in [1.165, 1.54) is 8.66 Å². The van der Waals surface area contributed by atoms with Gasteiger partial charge in [0.15, 0.2) is 0 Å². The predicted octanol–water partition coefficient (Wildman–Crippen LogP) is 2.81. The first-order valence-corrected chi connectivity index (χ1v) is 8.50. The molecule has 1 aliphatic heterocycles. The van der Waals surface area contributed by atoms with E-state index in [9.17, 15) is 4.79 Å². The van der Waals surface area contributed by atoms with Gasteiger partial charge in [-0.25, -0.2) is 0 Å². The number of thiophene rings is 1. The van der Waals surface area contributed by atoms with Crippen molar-refractivity contribution in [1.29, 1.82) is 0 Å². The molecular weight excluding hydrogens is 324 g/mol. The molecule has 5 heteroatoms. The molecule has 2 heterocycles. The number of carbonyl (C=O) groups excluding carboxylic acids is 1. The second-order valence-corrected chi connectivity index (χ2v) is 8.17. The Labute approximate surface area is 126 Å². The topological polar surface area (TPSA) is 23.6 Å². The quantitative estimate of drug-likeness (QED) is 0.843. The maximum atomic E-state index is 12.1. The van der Waals surface area contributed by atoms with Gasteiger partial charge in [0, 0.05) is 43.5 Å². The minimum absolute atomic E-state index is 0.333. The Kier molecular flexibility index (Phi) is 3.96. The Balaban J connectivity index is 1.48. The normalized spacial score (nSPS) is 27.6. The summed E-state index contributed by atoms with van der Waals surface area (Å²) in [5.41, 5.74) is 0. The largest absolute Gasteiger partial charge is 0.340 e. The van der Waals surface area contributed by atoms with Crippen LogP contribution in [0, 0.1) is 11.8 Å². The third-order valence-electron chi connectivity index (χ3n) is 4.12. The zero-order valence-corrected chi connectivity index (χ0v) is 13.5. The molecule has 1 aromatic rings. The first-order chi connectivity index (χ1) is 9.13. The summed E-state index contributed by atoms with van der Waals surface area (Å²) >= 11 is 5.30. The summed E-state index contributed by atoms with van der Waals surface area (Å²) in [5, 5.41) is 0. The number of hydrogen-bond acceptors (Lipinski definition) is 3. The minimum atomic E-state index is 0.333. The van der Waals surface area contributed by atoms with Gasteiger partial charge in [-0.2, -0.15) is 0 Å². The number of halogens is 1. The molecule has 1 aromatic heterocycles. The Morgan fingerprint density at radius 2 is 2.05 bits per heavy atom. The number of nitrogens with zero attached hydrogens (tertiary/aromatic N) is 2. The van der Waals surface area contributed by atoms with Crippen molar-refractivity contribution in [3.05, 3.63) is 20.8 Å². The van der Waals surface area contributed by atoms with Gasteiger partial charge in [-0.15, -0.1) is 11.3 Å². The second kappa shape index (κ2) is 5.54. The Morgan fingerprint density at radius 1 is 1.37 bits per heavy atom. The van der Waals surface area contributed by atoms with Crippen molar-refractivity contribution in [2.45, 2.75) is 19.9 Å². The first-order valence-electron chi connectivity index (χ1n) is 6.89. The molecule has 0 N–H and O–H groups in total. The summed E-state index contributed by atoms with van der Waals surface area (Å²) in [7, 11) is 0. The van der Waals surface area contributed by atoms with Crippen LogP contribution in [-0.4, -0.2) is 41.9 Å². The molecule has 2 atom stereocenters. The molecule has 1 saturated heterocycles. The molecule has 1 amide bonds.